The topological polar surface area (TPSA) is 37.8 Å². The molecule has 3 nitrogen and oxygen atoms in total. The number of hydrogen-bond acceptors (Lipinski definition) is 4. The molecule has 0 aliphatic rings. The molecule has 1 N–H and O–H groups in total. The molecule has 0 spiro atoms. The smallest absolute Gasteiger partial charge is 0.148 e. The van der Waals surface area contributed by atoms with Gasteiger partial charge in [-0.25, -0.2) is 4.39 Å². The van der Waals surface area contributed by atoms with E-state index in [0.717, 1.165) is 19.1 Å². The van der Waals surface area contributed by atoms with Gasteiger partial charge in [0, 0.05) is 15.7 Å². The van der Waals surface area contributed by atoms with E-state index in [1.807, 2.05) is 7.05 Å². The van der Waals surface area contributed by atoms with Gasteiger partial charge in [-0.3, -0.25) is 0 Å². The Hall–Kier alpha value is -0.600. The fourth-order valence-electron chi connectivity index (χ4n) is 1.25. The van der Waals surface area contributed by atoms with Crippen molar-refractivity contribution in [2.75, 3.05) is 7.05 Å². The molecule has 0 bridgehead atoms. The van der Waals surface area contributed by atoms with E-state index in [1.165, 1.54) is 23.5 Å². The maximum absolute atomic E-state index is 12.9. The van der Waals surface area contributed by atoms with Crippen molar-refractivity contribution in [2.24, 2.45) is 0 Å². The fourth-order valence-corrected chi connectivity index (χ4v) is 3.05. The van der Waals surface area contributed by atoms with Gasteiger partial charge in [0.1, 0.15) is 15.8 Å². The standard InChI is InChI=1S/C10H9FIN3S/c1-13-5-9-14-15-10(16-9)7-3-2-6(11)4-8(7)12/h2-4,13H,5H2,1H3. The van der Waals surface area contributed by atoms with Crippen molar-refractivity contribution in [3.8, 4) is 10.6 Å². The third-order valence-electron chi connectivity index (χ3n) is 1.96. The van der Waals surface area contributed by atoms with Gasteiger partial charge >= 0.3 is 0 Å². The molecule has 0 saturated heterocycles. The Labute approximate surface area is 110 Å². The van der Waals surface area contributed by atoms with Crippen molar-refractivity contribution >= 4 is 33.9 Å². The molecule has 84 valence electrons. The summed E-state index contributed by atoms with van der Waals surface area (Å²) in [6, 6.07) is 4.67. The van der Waals surface area contributed by atoms with Crippen LogP contribution in [0.15, 0.2) is 18.2 Å². The summed E-state index contributed by atoms with van der Waals surface area (Å²) in [4.78, 5) is 0. The number of benzene rings is 1. The molecule has 16 heavy (non-hydrogen) atoms. The minimum absolute atomic E-state index is 0.229. The number of hydrogen-bond donors (Lipinski definition) is 1. The molecule has 0 amide bonds. The van der Waals surface area contributed by atoms with E-state index < -0.39 is 0 Å². The lowest BCUT2D eigenvalue weighted by molar-refractivity contribution is 0.627. The highest BCUT2D eigenvalue weighted by atomic mass is 127. The van der Waals surface area contributed by atoms with E-state index in [4.69, 9.17) is 0 Å². The second-order valence-electron chi connectivity index (χ2n) is 3.16. The monoisotopic (exact) mass is 349 g/mol. The van der Waals surface area contributed by atoms with E-state index in [0.29, 0.717) is 6.54 Å². The van der Waals surface area contributed by atoms with Crippen molar-refractivity contribution < 1.29 is 4.39 Å². The molecule has 2 aromatic rings. The third kappa shape index (κ3) is 2.55. The number of nitrogens with zero attached hydrogens (tertiary/aromatic N) is 2. The van der Waals surface area contributed by atoms with Crippen LogP contribution in [-0.2, 0) is 6.54 Å². The number of rotatable bonds is 3. The number of nitrogens with one attached hydrogen (secondary N) is 1. The van der Waals surface area contributed by atoms with Crippen molar-refractivity contribution in [3.05, 3.63) is 32.6 Å². The first-order chi connectivity index (χ1) is 7.70. The molecule has 0 saturated carbocycles. The molecule has 0 aliphatic carbocycles. The first-order valence-corrected chi connectivity index (χ1v) is 6.52. The predicted octanol–water partition coefficient (Wildman–Crippen LogP) is 2.67. The summed E-state index contributed by atoms with van der Waals surface area (Å²) < 4.78 is 13.8. The summed E-state index contributed by atoms with van der Waals surface area (Å²) in [7, 11) is 1.86. The SMILES string of the molecule is CNCc1nnc(-c2ccc(F)cc2I)s1. The van der Waals surface area contributed by atoms with Crippen molar-refractivity contribution in [1.82, 2.24) is 15.5 Å². The first kappa shape index (κ1) is 11.9. The second kappa shape index (κ2) is 5.15. The van der Waals surface area contributed by atoms with Crippen LogP contribution in [-0.4, -0.2) is 17.2 Å². The number of aromatic nitrogens is 2. The van der Waals surface area contributed by atoms with Crippen LogP contribution in [0, 0.1) is 9.39 Å². The summed E-state index contributed by atoms with van der Waals surface area (Å²) in [5, 5.41) is 12.9. The minimum Gasteiger partial charge on any atom is -0.313 e. The lowest BCUT2D eigenvalue weighted by Gasteiger charge is -1.99. The summed E-state index contributed by atoms with van der Waals surface area (Å²) in [5.74, 6) is -0.229. The van der Waals surface area contributed by atoms with Crippen LogP contribution in [0.1, 0.15) is 5.01 Å². The Morgan fingerprint density at radius 3 is 2.94 bits per heavy atom. The van der Waals surface area contributed by atoms with Crippen LogP contribution in [0.3, 0.4) is 0 Å². The lowest BCUT2D eigenvalue weighted by Crippen LogP contribution is -2.04. The van der Waals surface area contributed by atoms with Crippen molar-refractivity contribution in [1.29, 1.82) is 0 Å². The summed E-state index contributed by atoms with van der Waals surface area (Å²) in [5.41, 5.74) is 0.932. The minimum atomic E-state index is -0.229. The Morgan fingerprint density at radius 2 is 2.25 bits per heavy atom. The van der Waals surface area contributed by atoms with E-state index in [1.54, 1.807) is 6.07 Å². The molecule has 0 radical (unpaired) electrons. The zero-order chi connectivity index (χ0) is 11.5. The number of halogens is 2. The molecular formula is C10H9FIN3S. The summed E-state index contributed by atoms with van der Waals surface area (Å²) in [6.07, 6.45) is 0. The van der Waals surface area contributed by atoms with Crippen molar-refractivity contribution in [2.45, 2.75) is 6.54 Å². The summed E-state index contributed by atoms with van der Waals surface area (Å²) in [6.45, 7) is 0.704. The Bertz CT molecular complexity index is 501. The third-order valence-corrected chi connectivity index (χ3v) is 3.81. The first-order valence-electron chi connectivity index (χ1n) is 4.63. The van der Waals surface area contributed by atoms with Gasteiger partial charge in [0.2, 0.25) is 0 Å². The normalized spacial score (nSPS) is 10.7. The van der Waals surface area contributed by atoms with Crippen LogP contribution in [0.5, 0.6) is 0 Å². The molecule has 0 fully saturated rings. The quantitative estimate of drug-likeness (QED) is 0.866. The van der Waals surface area contributed by atoms with E-state index in [9.17, 15) is 4.39 Å². The molecule has 1 aromatic heterocycles. The molecule has 0 unspecified atom stereocenters. The van der Waals surface area contributed by atoms with E-state index >= 15 is 0 Å². The lowest BCUT2D eigenvalue weighted by atomic mass is 10.2. The van der Waals surface area contributed by atoms with Gasteiger partial charge in [0.05, 0.1) is 0 Å². The van der Waals surface area contributed by atoms with Crippen molar-refractivity contribution in [3.63, 3.8) is 0 Å². The van der Waals surface area contributed by atoms with Gasteiger partial charge in [0.25, 0.3) is 0 Å². The molecule has 0 atom stereocenters. The van der Waals surface area contributed by atoms with Crippen LogP contribution >= 0.6 is 33.9 Å². The maximum Gasteiger partial charge on any atom is 0.148 e. The van der Waals surface area contributed by atoms with Crippen LogP contribution in [0.4, 0.5) is 4.39 Å². The molecule has 2 rings (SSSR count). The second-order valence-corrected chi connectivity index (χ2v) is 5.38. The van der Waals surface area contributed by atoms with Crippen LogP contribution < -0.4 is 5.32 Å². The highest BCUT2D eigenvalue weighted by molar-refractivity contribution is 14.1. The molecule has 0 aliphatic heterocycles. The van der Waals surface area contributed by atoms with Gasteiger partial charge in [-0.2, -0.15) is 0 Å². The fraction of sp³-hybridized carbons (Fsp3) is 0.200. The van der Waals surface area contributed by atoms with Gasteiger partial charge in [-0.1, -0.05) is 11.3 Å². The van der Waals surface area contributed by atoms with Gasteiger partial charge in [0.15, 0.2) is 0 Å². The van der Waals surface area contributed by atoms with Gasteiger partial charge < -0.3 is 5.32 Å². The molecular weight excluding hydrogens is 340 g/mol. The van der Waals surface area contributed by atoms with Gasteiger partial charge in [-0.05, 0) is 47.8 Å². The van der Waals surface area contributed by atoms with Crippen LogP contribution in [0.25, 0.3) is 10.6 Å². The zero-order valence-electron chi connectivity index (χ0n) is 8.50. The van der Waals surface area contributed by atoms with E-state index in [2.05, 4.69) is 38.1 Å². The van der Waals surface area contributed by atoms with Gasteiger partial charge in [-0.15, -0.1) is 10.2 Å². The molecule has 1 heterocycles. The highest BCUT2D eigenvalue weighted by Gasteiger charge is 2.09. The maximum atomic E-state index is 12.9. The Balaban J connectivity index is 2.35. The zero-order valence-corrected chi connectivity index (χ0v) is 11.5. The predicted molar refractivity (Wildman–Crippen MR) is 70.8 cm³/mol. The van der Waals surface area contributed by atoms with E-state index in [-0.39, 0.29) is 5.82 Å². The highest BCUT2D eigenvalue weighted by Crippen LogP contribution is 2.28. The average molecular weight is 349 g/mol. The Kier molecular flexibility index (Phi) is 3.82. The Morgan fingerprint density at radius 1 is 1.44 bits per heavy atom. The molecule has 1 aromatic carbocycles. The average Bonchev–Trinajstić information content (AvgIpc) is 2.67. The van der Waals surface area contributed by atoms with Crippen LogP contribution in [0.2, 0.25) is 0 Å². The largest absolute Gasteiger partial charge is 0.313 e. The molecule has 6 heteroatoms. The summed E-state index contributed by atoms with van der Waals surface area (Å²) >= 11 is 3.62.